The van der Waals surface area contributed by atoms with Gasteiger partial charge in [-0.3, -0.25) is 0 Å². The molecular formula is C34H73F6N2O4PS2. The molecule has 0 heterocycles. The summed E-state index contributed by atoms with van der Waals surface area (Å²) in [4.78, 5) is 0. The maximum absolute atomic E-state index is 10.8. The van der Waals surface area contributed by atoms with Gasteiger partial charge < -0.3 is 0 Å². The van der Waals surface area contributed by atoms with Crippen molar-refractivity contribution in [1.29, 1.82) is 0 Å². The van der Waals surface area contributed by atoms with E-state index in [4.69, 9.17) is 0 Å². The molecule has 15 heteroatoms. The molecule has 0 aliphatic heterocycles. The molecule has 0 saturated heterocycles. The predicted octanol–water partition coefficient (Wildman–Crippen LogP) is 11.8. The Bertz CT molecular complexity index is 878. The topological polar surface area (TPSA) is 120 Å². The fourth-order valence-electron chi connectivity index (χ4n) is 5.87. The van der Waals surface area contributed by atoms with Crippen LogP contribution < -0.4 is 10.3 Å². The van der Waals surface area contributed by atoms with Crippen molar-refractivity contribution in [2.45, 2.75) is 193 Å². The molecule has 0 bridgehead atoms. The van der Waals surface area contributed by atoms with E-state index in [0.717, 1.165) is 0 Å². The molecule has 0 atom stereocenters. The first-order valence-corrected chi connectivity index (χ1v) is 24.8. The number of primary sulfonamides is 2. The van der Waals surface area contributed by atoms with Crippen molar-refractivity contribution in [1.82, 2.24) is 0 Å². The third-order valence-electron chi connectivity index (χ3n) is 8.89. The quantitative estimate of drug-likeness (QED) is 0.0466. The van der Waals surface area contributed by atoms with Gasteiger partial charge in [0.05, 0.1) is 0 Å². The monoisotopic (exact) mass is 782 g/mol. The van der Waals surface area contributed by atoms with E-state index in [-0.39, 0.29) is 0 Å². The van der Waals surface area contributed by atoms with Crippen LogP contribution >= 0.6 is 7.26 Å². The van der Waals surface area contributed by atoms with Crippen molar-refractivity contribution in [3.63, 3.8) is 0 Å². The zero-order chi connectivity index (χ0) is 38.3. The van der Waals surface area contributed by atoms with Gasteiger partial charge in [0.15, 0.2) is 0 Å². The summed E-state index contributed by atoms with van der Waals surface area (Å²) in [7, 11) is -11.7. The van der Waals surface area contributed by atoms with E-state index in [1.54, 1.807) is 50.3 Å². The predicted molar refractivity (Wildman–Crippen MR) is 200 cm³/mol. The Hall–Kier alpha value is -0.170. The zero-order valence-electron chi connectivity index (χ0n) is 31.2. The van der Waals surface area contributed by atoms with Crippen LogP contribution in [-0.4, -0.2) is 52.5 Å². The molecule has 0 aliphatic carbocycles. The fraction of sp³-hybridized carbons (Fsp3) is 1.00. The molecule has 0 unspecified atom stereocenters. The minimum Gasteiger partial charge on any atom is -0.221 e. The van der Waals surface area contributed by atoms with Gasteiger partial charge in [0.25, 0.3) is 0 Å². The number of hydrogen-bond acceptors (Lipinski definition) is 4. The number of alkyl halides is 6. The Labute approximate surface area is 297 Å². The molecule has 302 valence electrons. The molecule has 49 heavy (non-hydrogen) atoms. The van der Waals surface area contributed by atoms with Gasteiger partial charge in [-0.2, -0.15) is 26.3 Å². The molecule has 0 spiro atoms. The van der Waals surface area contributed by atoms with Crippen LogP contribution in [0.5, 0.6) is 0 Å². The summed E-state index contributed by atoms with van der Waals surface area (Å²) in [5, 5.41) is 7.32. The third-order valence-corrected chi connectivity index (χ3v) is 15.8. The van der Waals surface area contributed by atoms with Gasteiger partial charge in [-0.1, -0.05) is 13.3 Å². The van der Waals surface area contributed by atoms with Crippen molar-refractivity contribution in [2.75, 3.05) is 24.6 Å². The third kappa shape index (κ3) is 34.7. The molecule has 6 nitrogen and oxygen atoms in total. The van der Waals surface area contributed by atoms with Crippen LogP contribution in [0, 0.1) is 0 Å². The van der Waals surface area contributed by atoms with Crippen LogP contribution in [0.2, 0.25) is 0 Å². The summed E-state index contributed by atoms with van der Waals surface area (Å²) in [6, 6.07) is 0. The summed E-state index contributed by atoms with van der Waals surface area (Å²) in [5.41, 5.74) is -10.6. The van der Waals surface area contributed by atoms with Crippen LogP contribution in [-0.2, 0) is 20.0 Å². The molecule has 4 N–H and O–H groups in total. The number of rotatable bonds is 28. The molecule has 0 aromatic rings. The van der Waals surface area contributed by atoms with Crippen LogP contribution in [0.1, 0.15) is 182 Å². The van der Waals surface area contributed by atoms with E-state index in [2.05, 4.69) is 38.0 Å². The van der Waals surface area contributed by atoms with Crippen LogP contribution in [0.15, 0.2) is 0 Å². The van der Waals surface area contributed by atoms with Crippen molar-refractivity contribution in [3.8, 4) is 0 Å². The Morgan fingerprint density at radius 1 is 0.367 bits per heavy atom. The number of sulfonamides is 2. The molecular weight excluding hydrogens is 709 g/mol. The maximum atomic E-state index is 10.8. The Morgan fingerprint density at radius 3 is 0.673 bits per heavy atom. The molecule has 0 amide bonds. The summed E-state index contributed by atoms with van der Waals surface area (Å²) in [6.07, 6.45) is 42.3. The van der Waals surface area contributed by atoms with Gasteiger partial charge in [-0.25, -0.2) is 27.1 Å². The Balaban J connectivity index is -0.00000108. The van der Waals surface area contributed by atoms with E-state index in [9.17, 15) is 43.2 Å². The second kappa shape index (κ2) is 31.4. The molecule has 0 radical (unpaired) electrons. The average molecular weight is 783 g/mol. The first-order chi connectivity index (χ1) is 22.7. The molecule has 0 fully saturated rings. The van der Waals surface area contributed by atoms with Gasteiger partial charge in [-0.05, 0) is 0 Å². The molecule has 0 aromatic heterocycles. The maximum Gasteiger partial charge on any atom is 0.511 e. The summed E-state index contributed by atoms with van der Waals surface area (Å²) < 4.78 is 102. The van der Waals surface area contributed by atoms with Crippen molar-refractivity contribution in [2.24, 2.45) is 10.3 Å². The summed E-state index contributed by atoms with van der Waals surface area (Å²) in [5.74, 6) is 0. The first-order valence-electron chi connectivity index (χ1n) is 18.9. The van der Waals surface area contributed by atoms with Gasteiger partial charge >= 0.3 is 231 Å². The summed E-state index contributed by atoms with van der Waals surface area (Å²) in [6.45, 7) is 9.42. The number of unbranched alkanes of at least 4 members (excludes halogenated alkanes) is 20. The minimum absolute atomic E-state index is 1.04. The van der Waals surface area contributed by atoms with Crippen LogP contribution in [0.3, 0.4) is 0 Å². The van der Waals surface area contributed by atoms with E-state index in [0.29, 0.717) is 0 Å². The van der Waals surface area contributed by atoms with Gasteiger partial charge in [0.2, 0.25) is 0 Å². The van der Waals surface area contributed by atoms with E-state index >= 15 is 0 Å². The zero-order valence-corrected chi connectivity index (χ0v) is 33.8. The second-order valence-corrected chi connectivity index (χ2v) is 21.7. The van der Waals surface area contributed by atoms with E-state index in [1.165, 1.54) is 128 Å². The Morgan fingerprint density at radius 2 is 0.510 bits per heavy atom. The van der Waals surface area contributed by atoms with Crippen molar-refractivity contribution >= 4 is 27.3 Å². The number of hydrogen-bond donors (Lipinski definition) is 2. The largest absolute Gasteiger partial charge is 0.511 e. The SMILES string of the molecule is CCCCCCCCCCCCCC[PH](CCCCCC)(CCCCCC)CCCCCC.NS(=O)(=O)C(F)(F)F.NS(=O)(=O)C(F)(F)F. The Kier molecular flexibility index (Phi) is 34.0. The van der Waals surface area contributed by atoms with Gasteiger partial charge in [-0.15, -0.1) is 0 Å². The number of nitrogens with two attached hydrogens (primary N) is 2. The summed E-state index contributed by atoms with van der Waals surface area (Å²) >= 11 is 0. The van der Waals surface area contributed by atoms with Gasteiger partial charge in [0.1, 0.15) is 0 Å². The minimum atomic E-state index is -5.34. The normalized spacial score (nSPS) is 13.0. The molecule has 0 aliphatic rings. The molecule has 0 rings (SSSR count). The smallest absolute Gasteiger partial charge is 0.221 e. The van der Waals surface area contributed by atoms with Crippen molar-refractivity contribution in [3.05, 3.63) is 0 Å². The average Bonchev–Trinajstić information content (AvgIpc) is 2.99. The van der Waals surface area contributed by atoms with E-state index < -0.39 is 38.3 Å². The molecule has 0 aromatic carbocycles. The van der Waals surface area contributed by atoms with E-state index in [1.807, 2.05) is 0 Å². The van der Waals surface area contributed by atoms with Crippen LogP contribution in [0.4, 0.5) is 26.3 Å². The van der Waals surface area contributed by atoms with Crippen LogP contribution in [0.25, 0.3) is 0 Å². The van der Waals surface area contributed by atoms with Crippen molar-refractivity contribution < 1.29 is 43.2 Å². The second-order valence-electron chi connectivity index (χ2n) is 13.6. The molecule has 0 saturated carbocycles. The first kappa shape index (κ1) is 53.2. The van der Waals surface area contributed by atoms with Gasteiger partial charge in [0, 0.05) is 0 Å². The number of halogens is 6. The standard InChI is InChI=1S/C32H69P.2CH2F3NO2S/c1-5-9-13-17-18-19-20-21-22-23-24-28-32-33(29-25-14-10-6-2,30-26-15-11-7-3)31-27-16-12-8-4;2*2-1(3,4)8(5,6)7/h33H,5-32H2,1-4H3;2*(H2,5,6,7). The fourth-order valence-corrected chi connectivity index (χ4v) is 11.4.